The minimum Gasteiger partial charge on any atom is -0.378 e. The lowest BCUT2D eigenvalue weighted by molar-refractivity contribution is 0.472. The number of hydrogen-bond donors (Lipinski definition) is 1. The van der Waals surface area contributed by atoms with Gasteiger partial charge in [-0.25, -0.2) is 0 Å². The van der Waals surface area contributed by atoms with Crippen molar-refractivity contribution < 1.29 is 0 Å². The van der Waals surface area contributed by atoms with Crippen LogP contribution in [-0.2, 0) is 6.42 Å². The second kappa shape index (κ2) is 6.76. The molecule has 114 valence electrons. The van der Waals surface area contributed by atoms with Crippen LogP contribution in [0.4, 0.5) is 5.69 Å². The van der Waals surface area contributed by atoms with E-state index in [2.05, 4.69) is 54.2 Å². The number of nitrogens with zero attached hydrogens (tertiary/aromatic N) is 3. The van der Waals surface area contributed by atoms with Gasteiger partial charge in [-0.1, -0.05) is 19.1 Å². The summed E-state index contributed by atoms with van der Waals surface area (Å²) in [6.07, 6.45) is 3.89. The average molecular weight is 286 g/mol. The van der Waals surface area contributed by atoms with E-state index in [1.165, 1.54) is 5.69 Å². The first kappa shape index (κ1) is 15.6. The zero-order valence-corrected chi connectivity index (χ0v) is 13.5. The molecule has 0 bridgehead atoms. The van der Waals surface area contributed by atoms with Crippen LogP contribution in [-0.4, -0.2) is 23.9 Å². The summed E-state index contributed by atoms with van der Waals surface area (Å²) in [7, 11) is 4.08. The number of nitrogens with two attached hydrogens (primary N) is 1. The van der Waals surface area contributed by atoms with E-state index < -0.39 is 0 Å². The van der Waals surface area contributed by atoms with E-state index in [0.717, 1.165) is 24.1 Å². The van der Waals surface area contributed by atoms with E-state index in [0.29, 0.717) is 6.04 Å². The molecular formula is C17H26N4. The van der Waals surface area contributed by atoms with Gasteiger partial charge in [0.05, 0.1) is 5.69 Å². The Morgan fingerprint density at radius 1 is 1.29 bits per heavy atom. The second-order valence-electron chi connectivity index (χ2n) is 5.84. The van der Waals surface area contributed by atoms with E-state index in [1.54, 1.807) is 0 Å². The van der Waals surface area contributed by atoms with Gasteiger partial charge in [-0.15, -0.1) is 0 Å². The summed E-state index contributed by atoms with van der Waals surface area (Å²) in [5.74, 6) is 0. The largest absolute Gasteiger partial charge is 0.378 e. The maximum absolute atomic E-state index is 6.35. The molecular weight excluding hydrogens is 260 g/mol. The highest BCUT2D eigenvalue weighted by Gasteiger charge is 2.11. The summed E-state index contributed by atoms with van der Waals surface area (Å²) < 4.78 is 2.03. The number of anilines is 1. The maximum Gasteiger partial charge on any atom is 0.0643 e. The summed E-state index contributed by atoms with van der Waals surface area (Å²) in [5, 5.41) is 4.63. The molecule has 0 radical (unpaired) electrons. The van der Waals surface area contributed by atoms with E-state index >= 15 is 0 Å². The van der Waals surface area contributed by atoms with Crippen molar-refractivity contribution in [1.29, 1.82) is 0 Å². The monoisotopic (exact) mass is 286 g/mol. The Morgan fingerprint density at radius 2 is 2.05 bits per heavy atom. The number of rotatable bonds is 6. The molecule has 0 amide bonds. The van der Waals surface area contributed by atoms with Crippen molar-refractivity contribution >= 4 is 5.69 Å². The van der Waals surface area contributed by atoms with Gasteiger partial charge in [-0.3, -0.25) is 4.68 Å². The van der Waals surface area contributed by atoms with Crippen LogP contribution in [0.25, 0.3) is 0 Å². The van der Waals surface area contributed by atoms with E-state index in [9.17, 15) is 0 Å². The van der Waals surface area contributed by atoms with Crippen molar-refractivity contribution in [2.75, 3.05) is 19.0 Å². The van der Waals surface area contributed by atoms with Gasteiger partial charge < -0.3 is 10.6 Å². The topological polar surface area (TPSA) is 47.1 Å². The molecule has 0 saturated heterocycles. The van der Waals surface area contributed by atoms with Crippen LogP contribution in [0.1, 0.15) is 43.6 Å². The molecule has 2 rings (SSSR count). The summed E-state index contributed by atoms with van der Waals surface area (Å²) in [4.78, 5) is 2.09. The van der Waals surface area contributed by atoms with Crippen LogP contribution in [0.3, 0.4) is 0 Å². The van der Waals surface area contributed by atoms with Crippen molar-refractivity contribution in [3.05, 3.63) is 47.8 Å². The number of aromatic nitrogens is 2. The molecule has 4 heteroatoms. The molecule has 1 heterocycles. The lowest BCUT2D eigenvalue weighted by Crippen LogP contribution is -2.15. The van der Waals surface area contributed by atoms with Gasteiger partial charge >= 0.3 is 0 Å². The fourth-order valence-electron chi connectivity index (χ4n) is 2.30. The van der Waals surface area contributed by atoms with Gasteiger partial charge in [0.25, 0.3) is 0 Å². The molecule has 1 aromatic carbocycles. The van der Waals surface area contributed by atoms with Gasteiger partial charge in [0.2, 0.25) is 0 Å². The molecule has 0 saturated carbocycles. The van der Waals surface area contributed by atoms with Crippen molar-refractivity contribution in [2.24, 2.45) is 5.73 Å². The quantitative estimate of drug-likeness (QED) is 0.887. The lowest BCUT2D eigenvalue weighted by Gasteiger charge is -2.16. The van der Waals surface area contributed by atoms with Gasteiger partial charge in [0, 0.05) is 44.5 Å². The van der Waals surface area contributed by atoms with Crippen LogP contribution in [0.2, 0.25) is 0 Å². The average Bonchev–Trinajstić information content (AvgIpc) is 2.95. The third-order valence-corrected chi connectivity index (χ3v) is 3.95. The standard InChI is InChI=1S/C17H26N4/c1-5-13(2)21-10-9-15(19-21)12-17(18)14-7-6-8-16(11-14)20(3)4/h6-11,13,17H,5,12,18H2,1-4H3. The molecule has 0 aliphatic heterocycles. The smallest absolute Gasteiger partial charge is 0.0643 e. The van der Waals surface area contributed by atoms with Crippen LogP contribution in [0, 0.1) is 0 Å². The van der Waals surface area contributed by atoms with Crippen molar-refractivity contribution in [3.8, 4) is 0 Å². The van der Waals surface area contributed by atoms with E-state index in [1.807, 2.05) is 25.0 Å². The van der Waals surface area contributed by atoms with Crippen LogP contribution in [0.5, 0.6) is 0 Å². The summed E-state index contributed by atoms with van der Waals surface area (Å²) >= 11 is 0. The summed E-state index contributed by atoms with van der Waals surface area (Å²) in [5.41, 5.74) is 9.73. The highest BCUT2D eigenvalue weighted by atomic mass is 15.3. The predicted molar refractivity (Wildman–Crippen MR) is 88.6 cm³/mol. The van der Waals surface area contributed by atoms with Crippen molar-refractivity contribution in [3.63, 3.8) is 0 Å². The Labute approximate surface area is 127 Å². The Balaban J connectivity index is 2.09. The predicted octanol–water partition coefficient (Wildman–Crippen LogP) is 3.16. The Kier molecular flexibility index (Phi) is 5.02. The Morgan fingerprint density at radius 3 is 2.71 bits per heavy atom. The molecule has 2 aromatic rings. The second-order valence-corrected chi connectivity index (χ2v) is 5.84. The van der Waals surface area contributed by atoms with E-state index in [-0.39, 0.29) is 6.04 Å². The van der Waals surface area contributed by atoms with Crippen molar-refractivity contribution in [1.82, 2.24) is 9.78 Å². The highest BCUT2D eigenvalue weighted by Crippen LogP contribution is 2.21. The molecule has 0 fully saturated rings. The fraction of sp³-hybridized carbons (Fsp3) is 0.471. The molecule has 0 aliphatic carbocycles. The molecule has 0 spiro atoms. The summed E-state index contributed by atoms with van der Waals surface area (Å²) in [6.45, 7) is 4.35. The third kappa shape index (κ3) is 3.85. The van der Waals surface area contributed by atoms with Gasteiger partial charge in [0.15, 0.2) is 0 Å². The van der Waals surface area contributed by atoms with Crippen LogP contribution >= 0.6 is 0 Å². The highest BCUT2D eigenvalue weighted by molar-refractivity contribution is 5.47. The van der Waals surface area contributed by atoms with Gasteiger partial charge in [-0.05, 0) is 37.1 Å². The van der Waals surface area contributed by atoms with Gasteiger partial charge in [-0.2, -0.15) is 5.10 Å². The van der Waals surface area contributed by atoms with Crippen LogP contribution < -0.4 is 10.6 Å². The zero-order valence-electron chi connectivity index (χ0n) is 13.5. The SMILES string of the molecule is CCC(C)n1ccc(CC(N)c2cccc(N(C)C)c2)n1. The minimum atomic E-state index is -0.0230. The molecule has 4 nitrogen and oxygen atoms in total. The molecule has 2 unspecified atom stereocenters. The number of hydrogen-bond acceptors (Lipinski definition) is 3. The first-order valence-corrected chi connectivity index (χ1v) is 7.58. The Bertz CT molecular complexity index is 574. The molecule has 1 aromatic heterocycles. The Hall–Kier alpha value is -1.81. The molecule has 0 aliphatic rings. The zero-order chi connectivity index (χ0) is 15.4. The molecule has 2 atom stereocenters. The maximum atomic E-state index is 6.35. The molecule has 21 heavy (non-hydrogen) atoms. The normalized spacial score (nSPS) is 14.0. The summed E-state index contributed by atoms with van der Waals surface area (Å²) in [6, 6.07) is 10.9. The number of benzene rings is 1. The minimum absolute atomic E-state index is 0.0230. The van der Waals surface area contributed by atoms with Gasteiger partial charge in [0.1, 0.15) is 0 Å². The first-order valence-electron chi connectivity index (χ1n) is 7.58. The van der Waals surface area contributed by atoms with Crippen LogP contribution in [0.15, 0.2) is 36.5 Å². The lowest BCUT2D eigenvalue weighted by atomic mass is 10.0. The molecule has 2 N–H and O–H groups in total. The first-order chi connectivity index (χ1) is 10.0. The third-order valence-electron chi connectivity index (χ3n) is 3.95. The van der Waals surface area contributed by atoms with Crippen molar-refractivity contribution in [2.45, 2.75) is 38.8 Å². The van der Waals surface area contributed by atoms with E-state index in [4.69, 9.17) is 5.73 Å². The fourth-order valence-corrected chi connectivity index (χ4v) is 2.30.